The summed E-state index contributed by atoms with van der Waals surface area (Å²) < 4.78 is 0. The highest BCUT2D eigenvalue weighted by Crippen LogP contribution is 2.19. The fourth-order valence-electron chi connectivity index (χ4n) is 1.64. The minimum atomic E-state index is -0.451. The number of aryl methyl sites for hydroxylation is 1. The second kappa shape index (κ2) is 6.89. The van der Waals surface area contributed by atoms with Gasteiger partial charge in [0.15, 0.2) is 0 Å². The number of hydrogen-bond acceptors (Lipinski definition) is 2. The Labute approximate surface area is 104 Å². The topological polar surface area (TPSA) is 46.2 Å². The average molecular weight is 244 g/mol. The molecule has 0 saturated heterocycles. The first-order chi connectivity index (χ1) is 7.00. The van der Waals surface area contributed by atoms with Crippen molar-refractivity contribution in [3.63, 3.8) is 0 Å². The number of rotatable bonds is 4. The van der Waals surface area contributed by atoms with Crippen molar-refractivity contribution in [3.05, 3.63) is 35.4 Å². The second-order valence-corrected chi connectivity index (χ2v) is 4.63. The van der Waals surface area contributed by atoms with Gasteiger partial charge in [-0.25, -0.2) is 0 Å². The molecule has 0 bridgehead atoms. The molecule has 1 aromatic rings. The summed E-state index contributed by atoms with van der Waals surface area (Å²) in [6.07, 6.45) is 0.294. The Kier molecular flexibility index (Phi) is 6.65. The molecule has 3 heteroatoms. The summed E-state index contributed by atoms with van der Waals surface area (Å²) in [4.78, 5) is 0. The molecule has 0 fully saturated rings. The van der Waals surface area contributed by atoms with Gasteiger partial charge in [-0.3, -0.25) is 0 Å². The van der Waals surface area contributed by atoms with Crippen molar-refractivity contribution in [1.82, 2.24) is 0 Å². The number of aliphatic hydroxyl groups is 1. The van der Waals surface area contributed by atoms with E-state index in [0.29, 0.717) is 5.92 Å². The molecule has 1 rings (SSSR count). The zero-order valence-corrected chi connectivity index (χ0v) is 11.0. The highest BCUT2D eigenvalue weighted by Gasteiger charge is 2.17. The van der Waals surface area contributed by atoms with Crippen molar-refractivity contribution >= 4 is 12.4 Å². The first-order valence-corrected chi connectivity index (χ1v) is 5.51. The summed E-state index contributed by atoms with van der Waals surface area (Å²) >= 11 is 0. The van der Waals surface area contributed by atoms with Gasteiger partial charge in [-0.05, 0) is 24.8 Å². The third-order valence-electron chi connectivity index (χ3n) is 2.59. The van der Waals surface area contributed by atoms with Crippen LogP contribution in [0.4, 0.5) is 0 Å². The smallest absolute Gasteiger partial charge is 0.0735 e. The van der Waals surface area contributed by atoms with Gasteiger partial charge >= 0.3 is 0 Å². The van der Waals surface area contributed by atoms with E-state index in [9.17, 15) is 5.11 Å². The van der Waals surface area contributed by atoms with Crippen LogP contribution in [-0.2, 0) is 0 Å². The third kappa shape index (κ3) is 4.52. The lowest BCUT2D eigenvalue weighted by Gasteiger charge is -2.20. The molecular formula is C13H22ClNO. The van der Waals surface area contributed by atoms with Crippen molar-refractivity contribution in [1.29, 1.82) is 0 Å². The van der Waals surface area contributed by atoms with Gasteiger partial charge in [-0.2, -0.15) is 0 Å². The monoisotopic (exact) mass is 243 g/mol. The first kappa shape index (κ1) is 15.4. The molecule has 0 heterocycles. The molecule has 0 amide bonds. The van der Waals surface area contributed by atoms with E-state index < -0.39 is 6.10 Å². The van der Waals surface area contributed by atoms with Gasteiger partial charge in [-0.15, -0.1) is 12.4 Å². The molecule has 0 aromatic heterocycles. The molecule has 1 aromatic carbocycles. The van der Waals surface area contributed by atoms with Crippen LogP contribution >= 0.6 is 12.4 Å². The zero-order chi connectivity index (χ0) is 11.4. The predicted octanol–water partition coefficient (Wildman–Crippen LogP) is 2.82. The lowest BCUT2D eigenvalue weighted by molar-refractivity contribution is 0.121. The standard InChI is InChI=1S/C13H21NO.ClH/c1-9(2)8-12(15)13(14)11-6-4-10(3)5-7-11;/h4-7,9,12-13,15H,8,14H2,1-3H3;1H/t12-,13+;/m1./s1. The van der Waals surface area contributed by atoms with Crippen LogP contribution in [0, 0.1) is 12.8 Å². The largest absolute Gasteiger partial charge is 0.391 e. The van der Waals surface area contributed by atoms with Crippen molar-refractivity contribution in [2.75, 3.05) is 0 Å². The summed E-state index contributed by atoms with van der Waals surface area (Å²) in [6.45, 7) is 6.22. The molecule has 2 nitrogen and oxygen atoms in total. The Balaban J connectivity index is 0.00000225. The van der Waals surface area contributed by atoms with E-state index in [0.717, 1.165) is 12.0 Å². The van der Waals surface area contributed by atoms with Gasteiger partial charge in [0, 0.05) is 0 Å². The van der Waals surface area contributed by atoms with Crippen molar-refractivity contribution in [2.45, 2.75) is 39.3 Å². The Morgan fingerprint density at radius 1 is 1.19 bits per heavy atom. The lowest BCUT2D eigenvalue weighted by Crippen LogP contribution is -2.27. The van der Waals surface area contributed by atoms with Crippen molar-refractivity contribution in [2.24, 2.45) is 11.7 Å². The molecule has 0 unspecified atom stereocenters. The Bertz CT molecular complexity index is 297. The maximum Gasteiger partial charge on any atom is 0.0735 e. The van der Waals surface area contributed by atoms with Crippen LogP contribution in [0.15, 0.2) is 24.3 Å². The number of hydrogen-bond donors (Lipinski definition) is 2. The molecule has 16 heavy (non-hydrogen) atoms. The van der Waals surface area contributed by atoms with Crippen molar-refractivity contribution < 1.29 is 5.11 Å². The van der Waals surface area contributed by atoms with Gasteiger partial charge in [0.05, 0.1) is 12.1 Å². The van der Waals surface area contributed by atoms with Crippen LogP contribution in [0.5, 0.6) is 0 Å². The van der Waals surface area contributed by atoms with E-state index in [4.69, 9.17) is 5.73 Å². The summed E-state index contributed by atoms with van der Waals surface area (Å²) in [6, 6.07) is 7.76. The van der Waals surface area contributed by atoms with E-state index in [1.807, 2.05) is 31.2 Å². The molecule has 2 atom stereocenters. The van der Waals surface area contributed by atoms with Crippen LogP contribution in [0.25, 0.3) is 0 Å². The zero-order valence-electron chi connectivity index (χ0n) is 10.2. The summed E-state index contributed by atoms with van der Waals surface area (Å²) in [5.41, 5.74) is 8.21. The Morgan fingerprint density at radius 3 is 2.12 bits per heavy atom. The number of halogens is 1. The molecule has 0 radical (unpaired) electrons. The SMILES string of the molecule is Cc1ccc([C@H](N)[C@H](O)CC(C)C)cc1.Cl. The summed E-state index contributed by atoms with van der Waals surface area (Å²) in [5, 5.41) is 9.89. The van der Waals surface area contributed by atoms with Crippen LogP contribution in [0.3, 0.4) is 0 Å². The van der Waals surface area contributed by atoms with Gasteiger partial charge in [-0.1, -0.05) is 43.7 Å². The fourth-order valence-corrected chi connectivity index (χ4v) is 1.64. The fraction of sp³-hybridized carbons (Fsp3) is 0.538. The van der Waals surface area contributed by atoms with E-state index in [1.54, 1.807) is 0 Å². The van der Waals surface area contributed by atoms with Crippen LogP contribution in [0.2, 0.25) is 0 Å². The maximum absolute atomic E-state index is 9.89. The predicted molar refractivity (Wildman–Crippen MR) is 70.8 cm³/mol. The number of aliphatic hydroxyl groups excluding tert-OH is 1. The Morgan fingerprint density at radius 2 is 1.69 bits per heavy atom. The van der Waals surface area contributed by atoms with Crippen LogP contribution in [-0.4, -0.2) is 11.2 Å². The summed E-state index contributed by atoms with van der Waals surface area (Å²) in [5.74, 6) is 0.469. The van der Waals surface area contributed by atoms with E-state index in [1.165, 1.54) is 5.56 Å². The molecule has 0 saturated carbocycles. The van der Waals surface area contributed by atoms with Gasteiger partial charge in [0.25, 0.3) is 0 Å². The highest BCUT2D eigenvalue weighted by molar-refractivity contribution is 5.85. The summed E-state index contributed by atoms with van der Waals surface area (Å²) in [7, 11) is 0. The lowest BCUT2D eigenvalue weighted by atomic mass is 9.95. The van der Waals surface area contributed by atoms with Gasteiger partial charge in [0.2, 0.25) is 0 Å². The highest BCUT2D eigenvalue weighted by atomic mass is 35.5. The molecule has 0 spiro atoms. The molecule has 92 valence electrons. The van der Waals surface area contributed by atoms with Crippen LogP contribution in [0.1, 0.15) is 37.4 Å². The number of nitrogens with two attached hydrogens (primary N) is 1. The molecule has 0 aliphatic carbocycles. The van der Waals surface area contributed by atoms with E-state index in [2.05, 4.69) is 13.8 Å². The first-order valence-electron chi connectivity index (χ1n) is 5.51. The molecule has 0 aliphatic rings. The maximum atomic E-state index is 9.89. The molecule has 3 N–H and O–H groups in total. The normalized spacial score (nSPS) is 14.4. The molecular weight excluding hydrogens is 222 g/mol. The minimum absolute atomic E-state index is 0. The molecule has 0 aliphatic heterocycles. The van der Waals surface area contributed by atoms with Gasteiger partial charge in [0.1, 0.15) is 0 Å². The van der Waals surface area contributed by atoms with Crippen molar-refractivity contribution in [3.8, 4) is 0 Å². The van der Waals surface area contributed by atoms with E-state index >= 15 is 0 Å². The average Bonchev–Trinajstić information content (AvgIpc) is 2.17. The quantitative estimate of drug-likeness (QED) is 0.854. The van der Waals surface area contributed by atoms with E-state index in [-0.39, 0.29) is 18.4 Å². The minimum Gasteiger partial charge on any atom is -0.391 e. The second-order valence-electron chi connectivity index (χ2n) is 4.63. The number of benzene rings is 1. The van der Waals surface area contributed by atoms with Gasteiger partial charge < -0.3 is 10.8 Å². The third-order valence-corrected chi connectivity index (χ3v) is 2.59. The Hall–Kier alpha value is -0.570. The van der Waals surface area contributed by atoms with Crippen LogP contribution < -0.4 is 5.73 Å².